The second kappa shape index (κ2) is 10.1. The number of aryl methyl sites for hydroxylation is 1. The van der Waals surface area contributed by atoms with E-state index >= 15 is 0 Å². The van der Waals surface area contributed by atoms with Gasteiger partial charge in [-0.15, -0.1) is 11.3 Å². The lowest BCUT2D eigenvalue weighted by Crippen LogP contribution is -2.15. The monoisotopic (exact) mass is 410 g/mol. The van der Waals surface area contributed by atoms with Crippen LogP contribution in [0.2, 0.25) is 0 Å². The Hall–Kier alpha value is -2.86. The van der Waals surface area contributed by atoms with Gasteiger partial charge in [0.05, 0.1) is 31.0 Å². The minimum absolute atomic E-state index is 0.141. The maximum absolute atomic E-state index is 12.6. The number of aromatic nitrogens is 1. The van der Waals surface area contributed by atoms with Crippen LogP contribution in [0.1, 0.15) is 32.0 Å². The van der Waals surface area contributed by atoms with Crippen molar-refractivity contribution >= 4 is 22.9 Å². The van der Waals surface area contributed by atoms with Crippen molar-refractivity contribution in [2.45, 2.75) is 33.6 Å². The van der Waals surface area contributed by atoms with Crippen LogP contribution in [0.5, 0.6) is 11.5 Å². The number of nitrogens with zero attached hydrogens (tertiary/aromatic N) is 1. The topological polar surface area (TPSA) is 60.5 Å². The molecule has 0 bridgehead atoms. The zero-order valence-corrected chi connectivity index (χ0v) is 17.8. The number of amides is 1. The minimum Gasteiger partial charge on any atom is -0.494 e. The molecule has 0 atom stereocenters. The van der Waals surface area contributed by atoms with Gasteiger partial charge in [-0.2, -0.15) is 0 Å². The van der Waals surface area contributed by atoms with Crippen molar-refractivity contribution in [2.75, 3.05) is 18.5 Å². The first kappa shape index (κ1) is 20.9. The van der Waals surface area contributed by atoms with E-state index in [1.807, 2.05) is 31.4 Å². The summed E-state index contributed by atoms with van der Waals surface area (Å²) in [5.41, 5.74) is 3.72. The van der Waals surface area contributed by atoms with Gasteiger partial charge in [0.2, 0.25) is 5.91 Å². The maximum Gasteiger partial charge on any atom is 0.230 e. The van der Waals surface area contributed by atoms with Crippen LogP contribution in [-0.4, -0.2) is 24.1 Å². The van der Waals surface area contributed by atoms with E-state index in [4.69, 9.17) is 9.47 Å². The van der Waals surface area contributed by atoms with Crippen molar-refractivity contribution in [3.8, 4) is 22.1 Å². The van der Waals surface area contributed by atoms with Gasteiger partial charge in [0.15, 0.2) is 0 Å². The molecule has 0 saturated carbocycles. The molecule has 6 heteroatoms. The summed E-state index contributed by atoms with van der Waals surface area (Å²) >= 11 is 1.55. The van der Waals surface area contributed by atoms with Gasteiger partial charge in [-0.3, -0.25) is 4.79 Å². The summed E-state index contributed by atoms with van der Waals surface area (Å²) in [6.07, 6.45) is 1.21. The number of hydrogen-bond donors (Lipinski definition) is 1. The molecule has 2 aromatic carbocycles. The molecule has 0 unspecified atom stereocenters. The van der Waals surface area contributed by atoms with E-state index in [2.05, 4.69) is 41.5 Å². The highest BCUT2D eigenvalue weighted by Gasteiger charge is 2.13. The highest BCUT2D eigenvalue weighted by Crippen LogP contribution is 2.30. The summed E-state index contributed by atoms with van der Waals surface area (Å²) in [4.78, 5) is 17.2. The number of anilines is 1. The van der Waals surface area contributed by atoms with Crippen molar-refractivity contribution < 1.29 is 14.3 Å². The molecule has 1 N–H and O–H groups in total. The van der Waals surface area contributed by atoms with Crippen LogP contribution >= 0.6 is 11.3 Å². The number of ether oxygens (including phenoxy) is 2. The third-order valence-corrected chi connectivity index (χ3v) is 5.28. The Labute approximate surface area is 175 Å². The minimum atomic E-state index is -0.141. The fourth-order valence-corrected chi connectivity index (χ4v) is 3.73. The molecule has 1 aromatic heterocycles. The lowest BCUT2D eigenvalue weighted by molar-refractivity contribution is -0.115. The molecule has 3 aromatic rings. The first-order chi connectivity index (χ1) is 14.1. The van der Waals surface area contributed by atoms with E-state index in [0.29, 0.717) is 30.4 Å². The summed E-state index contributed by atoms with van der Waals surface area (Å²) in [5.74, 6) is 1.18. The maximum atomic E-state index is 12.6. The Kier molecular flexibility index (Phi) is 7.25. The van der Waals surface area contributed by atoms with Gasteiger partial charge in [-0.05, 0) is 38.0 Å². The first-order valence-corrected chi connectivity index (χ1v) is 10.7. The molecule has 152 valence electrons. The zero-order valence-electron chi connectivity index (χ0n) is 17.0. The molecule has 1 amide bonds. The summed E-state index contributed by atoms with van der Waals surface area (Å²) in [6, 6.07) is 13.8. The molecule has 1 heterocycles. The highest BCUT2D eigenvalue weighted by molar-refractivity contribution is 7.13. The number of nitrogens with one attached hydrogen (secondary N) is 1. The van der Waals surface area contributed by atoms with E-state index < -0.39 is 0 Å². The van der Waals surface area contributed by atoms with Crippen LogP contribution in [-0.2, 0) is 17.6 Å². The number of benzene rings is 2. The average molecular weight is 411 g/mol. The van der Waals surface area contributed by atoms with Crippen molar-refractivity contribution in [1.29, 1.82) is 0 Å². The van der Waals surface area contributed by atoms with Gasteiger partial charge in [0, 0.05) is 17.0 Å². The van der Waals surface area contributed by atoms with Crippen molar-refractivity contribution in [3.05, 3.63) is 59.1 Å². The van der Waals surface area contributed by atoms with Gasteiger partial charge in [0.1, 0.15) is 16.5 Å². The molecule has 0 aliphatic rings. The van der Waals surface area contributed by atoms with Gasteiger partial charge >= 0.3 is 0 Å². The third kappa shape index (κ3) is 5.57. The number of rotatable bonds is 9. The number of thiazole rings is 1. The molecule has 0 saturated heterocycles. The molecule has 0 aliphatic carbocycles. The summed E-state index contributed by atoms with van der Waals surface area (Å²) < 4.78 is 11.1. The molecule has 0 spiro atoms. The quantitative estimate of drug-likeness (QED) is 0.516. The van der Waals surface area contributed by atoms with Gasteiger partial charge in [-0.1, -0.05) is 31.2 Å². The summed E-state index contributed by atoms with van der Waals surface area (Å²) in [6.45, 7) is 7.04. The normalized spacial score (nSPS) is 10.6. The van der Waals surface area contributed by atoms with Gasteiger partial charge < -0.3 is 14.8 Å². The number of carbonyl (C=O) groups is 1. The largest absolute Gasteiger partial charge is 0.494 e. The number of carbonyl (C=O) groups excluding carboxylic acids is 1. The number of hydrogen-bond acceptors (Lipinski definition) is 5. The van der Waals surface area contributed by atoms with E-state index in [9.17, 15) is 4.79 Å². The smallest absolute Gasteiger partial charge is 0.230 e. The lowest BCUT2D eigenvalue weighted by atomic mass is 10.1. The fraction of sp³-hybridized carbons (Fsp3) is 0.304. The van der Waals surface area contributed by atoms with Gasteiger partial charge in [-0.25, -0.2) is 4.98 Å². The van der Waals surface area contributed by atoms with Crippen molar-refractivity contribution in [2.24, 2.45) is 0 Å². The van der Waals surface area contributed by atoms with Gasteiger partial charge in [0.25, 0.3) is 0 Å². The molecule has 29 heavy (non-hydrogen) atoms. The Bertz CT molecular complexity index is 951. The summed E-state index contributed by atoms with van der Waals surface area (Å²) in [5, 5.41) is 5.78. The SMILES string of the molecule is CCOc1ccc(OCC)c(NC(=O)Cc2csc(-c3ccc(CC)cc3)n2)c1. The Morgan fingerprint density at radius 2 is 1.79 bits per heavy atom. The molecule has 0 radical (unpaired) electrons. The fourth-order valence-electron chi connectivity index (χ4n) is 2.91. The molecule has 0 fully saturated rings. The molecule has 0 aliphatic heterocycles. The van der Waals surface area contributed by atoms with Crippen LogP contribution in [0.25, 0.3) is 10.6 Å². The van der Waals surface area contributed by atoms with Crippen LogP contribution in [0.3, 0.4) is 0 Å². The first-order valence-electron chi connectivity index (χ1n) is 9.86. The van der Waals surface area contributed by atoms with Crippen LogP contribution in [0, 0.1) is 0 Å². The zero-order chi connectivity index (χ0) is 20.6. The van der Waals surface area contributed by atoms with Crippen molar-refractivity contribution in [1.82, 2.24) is 4.98 Å². The lowest BCUT2D eigenvalue weighted by Gasteiger charge is -2.13. The van der Waals surface area contributed by atoms with E-state index in [1.165, 1.54) is 5.56 Å². The van der Waals surface area contributed by atoms with E-state index in [0.717, 1.165) is 22.7 Å². The van der Waals surface area contributed by atoms with Crippen LogP contribution in [0.4, 0.5) is 5.69 Å². The molecular weight excluding hydrogens is 384 g/mol. The Morgan fingerprint density at radius 1 is 1.03 bits per heavy atom. The summed E-state index contributed by atoms with van der Waals surface area (Å²) in [7, 11) is 0. The standard InChI is InChI=1S/C23H26N2O3S/c1-4-16-7-9-17(10-8-16)23-24-18(15-29-23)13-22(26)25-20-14-19(27-5-2)11-12-21(20)28-6-3/h7-12,14-15H,4-6,13H2,1-3H3,(H,25,26). The van der Waals surface area contributed by atoms with Crippen LogP contribution in [0.15, 0.2) is 47.8 Å². The predicted molar refractivity (Wildman–Crippen MR) is 118 cm³/mol. The van der Waals surface area contributed by atoms with Crippen LogP contribution < -0.4 is 14.8 Å². The van der Waals surface area contributed by atoms with Crippen molar-refractivity contribution in [3.63, 3.8) is 0 Å². The third-order valence-electron chi connectivity index (χ3n) is 4.34. The Morgan fingerprint density at radius 3 is 2.48 bits per heavy atom. The van der Waals surface area contributed by atoms with E-state index in [1.54, 1.807) is 17.4 Å². The second-order valence-electron chi connectivity index (χ2n) is 6.44. The molecule has 3 rings (SSSR count). The van der Waals surface area contributed by atoms with E-state index in [-0.39, 0.29) is 12.3 Å². The predicted octanol–water partition coefficient (Wildman–Crippen LogP) is 5.35. The molecule has 5 nitrogen and oxygen atoms in total. The Balaban J connectivity index is 1.69. The average Bonchev–Trinajstić information content (AvgIpc) is 3.18. The molecular formula is C23H26N2O3S. The highest BCUT2D eigenvalue weighted by atomic mass is 32.1. The second-order valence-corrected chi connectivity index (χ2v) is 7.30.